The summed E-state index contributed by atoms with van der Waals surface area (Å²) < 4.78 is 0. The van der Waals surface area contributed by atoms with Crippen molar-refractivity contribution in [1.82, 2.24) is 4.98 Å². The summed E-state index contributed by atoms with van der Waals surface area (Å²) in [4.78, 5) is 4.98. The third-order valence-corrected chi connectivity index (χ3v) is 3.31. The Hall–Kier alpha value is -1.70. The molecule has 0 aliphatic carbocycles. The quantitative estimate of drug-likeness (QED) is 0.842. The standard InChI is InChI=1S/C12H8ClN3S/c13-9-2-4-12(16-7-9)17-11-5-8(6-14)1-3-10(11)15/h1-5,7H,15H2. The fraction of sp³-hybridized carbons (Fsp3) is 0. The van der Waals surface area contributed by atoms with Gasteiger partial charge in [0.1, 0.15) is 5.03 Å². The number of hydrogen-bond donors (Lipinski definition) is 1. The molecular weight excluding hydrogens is 254 g/mol. The molecule has 0 aliphatic heterocycles. The van der Waals surface area contributed by atoms with E-state index >= 15 is 0 Å². The third-order valence-electron chi connectivity index (χ3n) is 2.06. The number of aromatic nitrogens is 1. The molecule has 1 heterocycles. The van der Waals surface area contributed by atoms with Gasteiger partial charge in [0.2, 0.25) is 0 Å². The van der Waals surface area contributed by atoms with E-state index < -0.39 is 0 Å². The van der Waals surface area contributed by atoms with Crippen molar-refractivity contribution in [2.45, 2.75) is 9.92 Å². The van der Waals surface area contributed by atoms with E-state index in [1.54, 1.807) is 30.5 Å². The van der Waals surface area contributed by atoms with Crippen LogP contribution in [0.5, 0.6) is 0 Å². The first kappa shape index (κ1) is 11.8. The molecule has 1 aromatic heterocycles. The molecule has 0 spiro atoms. The van der Waals surface area contributed by atoms with E-state index in [0.717, 1.165) is 9.92 Å². The highest BCUT2D eigenvalue weighted by Crippen LogP contribution is 2.31. The SMILES string of the molecule is N#Cc1ccc(N)c(Sc2ccc(Cl)cn2)c1. The van der Waals surface area contributed by atoms with Crippen LogP contribution < -0.4 is 5.73 Å². The van der Waals surface area contributed by atoms with Crippen LogP contribution >= 0.6 is 23.4 Å². The number of halogens is 1. The normalized spacial score (nSPS) is 9.88. The number of pyridine rings is 1. The summed E-state index contributed by atoms with van der Waals surface area (Å²) in [5.74, 6) is 0. The number of benzene rings is 1. The molecule has 2 N–H and O–H groups in total. The Morgan fingerprint density at radius 3 is 2.76 bits per heavy atom. The van der Waals surface area contributed by atoms with Crippen LogP contribution in [0.2, 0.25) is 5.02 Å². The number of nitrogens with two attached hydrogens (primary N) is 1. The number of hydrogen-bond acceptors (Lipinski definition) is 4. The summed E-state index contributed by atoms with van der Waals surface area (Å²) in [7, 11) is 0. The van der Waals surface area contributed by atoms with Gasteiger partial charge in [-0.15, -0.1) is 0 Å². The maximum Gasteiger partial charge on any atom is 0.101 e. The molecule has 0 fully saturated rings. The third kappa shape index (κ3) is 2.90. The van der Waals surface area contributed by atoms with Crippen molar-refractivity contribution >= 4 is 29.1 Å². The fourth-order valence-corrected chi connectivity index (χ4v) is 2.18. The van der Waals surface area contributed by atoms with E-state index in [-0.39, 0.29) is 0 Å². The lowest BCUT2D eigenvalue weighted by Gasteiger charge is -2.04. The average Bonchev–Trinajstić information content (AvgIpc) is 2.35. The highest BCUT2D eigenvalue weighted by atomic mass is 35.5. The van der Waals surface area contributed by atoms with Gasteiger partial charge in [-0.25, -0.2) is 4.98 Å². The zero-order valence-electron chi connectivity index (χ0n) is 8.72. The van der Waals surface area contributed by atoms with Crippen molar-refractivity contribution in [2.24, 2.45) is 0 Å². The largest absolute Gasteiger partial charge is 0.398 e. The van der Waals surface area contributed by atoms with Gasteiger partial charge in [0.05, 0.1) is 16.7 Å². The molecule has 0 atom stereocenters. The molecule has 0 radical (unpaired) electrons. The van der Waals surface area contributed by atoms with Gasteiger partial charge in [0.25, 0.3) is 0 Å². The summed E-state index contributed by atoms with van der Waals surface area (Å²) >= 11 is 7.16. The minimum absolute atomic E-state index is 0.579. The van der Waals surface area contributed by atoms with Crippen LogP contribution in [0.1, 0.15) is 5.56 Å². The number of nitrogens with zero attached hydrogens (tertiary/aromatic N) is 2. The van der Waals surface area contributed by atoms with E-state index in [4.69, 9.17) is 22.6 Å². The zero-order valence-corrected chi connectivity index (χ0v) is 10.3. The molecule has 0 unspecified atom stereocenters. The molecule has 0 saturated heterocycles. The van der Waals surface area contributed by atoms with Gasteiger partial charge in [-0.2, -0.15) is 5.26 Å². The summed E-state index contributed by atoms with van der Waals surface area (Å²) in [5, 5.41) is 10.2. The maximum absolute atomic E-state index is 8.82. The monoisotopic (exact) mass is 261 g/mol. The van der Waals surface area contributed by atoms with Crippen LogP contribution in [0.15, 0.2) is 46.5 Å². The predicted molar refractivity (Wildman–Crippen MR) is 68.9 cm³/mol. The molecule has 5 heteroatoms. The fourth-order valence-electron chi connectivity index (χ4n) is 1.23. The van der Waals surface area contributed by atoms with Crippen molar-refractivity contribution in [3.8, 4) is 6.07 Å². The molecule has 0 amide bonds. The van der Waals surface area contributed by atoms with Crippen LogP contribution in [0.3, 0.4) is 0 Å². The number of nitriles is 1. The summed E-state index contributed by atoms with van der Waals surface area (Å²) in [6.07, 6.45) is 1.58. The minimum Gasteiger partial charge on any atom is -0.398 e. The lowest BCUT2D eigenvalue weighted by atomic mass is 10.2. The first-order chi connectivity index (χ1) is 8.19. The van der Waals surface area contributed by atoms with Crippen molar-refractivity contribution in [3.63, 3.8) is 0 Å². The smallest absolute Gasteiger partial charge is 0.101 e. The van der Waals surface area contributed by atoms with Gasteiger partial charge < -0.3 is 5.73 Å². The van der Waals surface area contributed by atoms with Gasteiger partial charge in [0.15, 0.2) is 0 Å². The Morgan fingerprint density at radius 2 is 2.12 bits per heavy atom. The molecular formula is C12H8ClN3S. The number of nitrogen functional groups attached to an aromatic ring is 1. The van der Waals surface area contributed by atoms with Crippen molar-refractivity contribution in [3.05, 3.63) is 47.1 Å². The van der Waals surface area contributed by atoms with E-state index in [0.29, 0.717) is 16.3 Å². The molecule has 0 saturated carbocycles. The Bertz CT molecular complexity index is 575. The molecule has 1 aromatic carbocycles. The van der Waals surface area contributed by atoms with Gasteiger partial charge in [-0.1, -0.05) is 23.4 Å². The van der Waals surface area contributed by atoms with Gasteiger partial charge in [-0.05, 0) is 30.3 Å². The maximum atomic E-state index is 8.82. The first-order valence-electron chi connectivity index (χ1n) is 4.78. The average molecular weight is 262 g/mol. The molecule has 17 heavy (non-hydrogen) atoms. The predicted octanol–water partition coefficient (Wildman–Crippen LogP) is 3.34. The van der Waals surface area contributed by atoms with Crippen molar-refractivity contribution < 1.29 is 0 Å². The Morgan fingerprint density at radius 1 is 1.29 bits per heavy atom. The van der Waals surface area contributed by atoms with E-state index in [2.05, 4.69) is 11.1 Å². The molecule has 0 aliphatic rings. The summed E-state index contributed by atoms with van der Waals surface area (Å²) in [5.41, 5.74) is 7.05. The van der Waals surface area contributed by atoms with Gasteiger partial charge in [-0.3, -0.25) is 0 Å². The summed E-state index contributed by atoms with van der Waals surface area (Å²) in [6, 6.07) is 10.8. The van der Waals surface area contributed by atoms with Gasteiger partial charge >= 0.3 is 0 Å². The zero-order chi connectivity index (χ0) is 12.3. The van der Waals surface area contributed by atoms with E-state index in [9.17, 15) is 0 Å². The second-order valence-corrected chi connectivity index (χ2v) is 4.78. The van der Waals surface area contributed by atoms with Gasteiger partial charge in [0, 0.05) is 16.8 Å². The Labute approximate surface area is 108 Å². The highest BCUT2D eigenvalue weighted by Gasteiger charge is 2.04. The lowest BCUT2D eigenvalue weighted by molar-refractivity contribution is 1.13. The number of rotatable bonds is 2. The molecule has 2 rings (SSSR count). The molecule has 0 bridgehead atoms. The molecule has 3 nitrogen and oxygen atoms in total. The molecule has 84 valence electrons. The van der Waals surface area contributed by atoms with Crippen LogP contribution in [-0.2, 0) is 0 Å². The van der Waals surface area contributed by atoms with Crippen LogP contribution in [-0.4, -0.2) is 4.98 Å². The second-order valence-electron chi connectivity index (χ2n) is 3.28. The molecule has 2 aromatic rings. The first-order valence-corrected chi connectivity index (χ1v) is 5.97. The van der Waals surface area contributed by atoms with Crippen molar-refractivity contribution in [2.75, 3.05) is 5.73 Å². The minimum atomic E-state index is 0.579. The number of anilines is 1. The highest BCUT2D eigenvalue weighted by molar-refractivity contribution is 7.99. The van der Waals surface area contributed by atoms with Crippen molar-refractivity contribution in [1.29, 1.82) is 5.26 Å². The van der Waals surface area contributed by atoms with Crippen LogP contribution in [0.25, 0.3) is 0 Å². The van der Waals surface area contributed by atoms with Crippen LogP contribution in [0, 0.1) is 11.3 Å². The lowest BCUT2D eigenvalue weighted by Crippen LogP contribution is -1.90. The van der Waals surface area contributed by atoms with Crippen LogP contribution in [0.4, 0.5) is 5.69 Å². The Balaban J connectivity index is 2.29. The van der Waals surface area contributed by atoms with E-state index in [1.807, 2.05) is 6.07 Å². The van der Waals surface area contributed by atoms with E-state index in [1.165, 1.54) is 11.8 Å². The summed E-state index contributed by atoms with van der Waals surface area (Å²) in [6.45, 7) is 0. The topological polar surface area (TPSA) is 62.7 Å². The Kier molecular flexibility index (Phi) is 3.52. The second kappa shape index (κ2) is 5.09.